The fourth-order valence-electron chi connectivity index (χ4n) is 3.49. The summed E-state index contributed by atoms with van der Waals surface area (Å²) in [5.74, 6) is 0.876. The second-order valence-corrected chi connectivity index (χ2v) is 8.59. The normalized spacial score (nSPS) is 15.2. The molecule has 0 bridgehead atoms. The molecule has 0 aliphatic carbocycles. The van der Waals surface area contributed by atoms with Crippen molar-refractivity contribution in [3.05, 3.63) is 68.6 Å². The average molecular weight is 413 g/mol. The molecule has 144 valence electrons. The van der Waals surface area contributed by atoms with Gasteiger partial charge in [0.25, 0.3) is 0 Å². The van der Waals surface area contributed by atoms with Crippen LogP contribution in [0.15, 0.2) is 41.8 Å². The molecular formula is C22H21ClN2O2S. The summed E-state index contributed by atoms with van der Waals surface area (Å²) in [5.41, 5.74) is 5.33. The largest absolute Gasteiger partial charge is 0.487 e. The fourth-order valence-corrected chi connectivity index (χ4v) is 4.23. The topological polar surface area (TPSA) is 51.2 Å². The maximum Gasteiger partial charge on any atom is 0.226 e. The Kier molecular flexibility index (Phi) is 5.38. The SMILES string of the molecule is Cc1cc2c(c(-c3ccc(Cl)cc3)c1)O[C@H](CNC(=O)Cc1csc(C)n1)C2. The zero-order valence-corrected chi connectivity index (χ0v) is 17.4. The Morgan fingerprint density at radius 3 is 2.79 bits per heavy atom. The van der Waals surface area contributed by atoms with Crippen molar-refractivity contribution in [1.29, 1.82) is 0 Å². The van der Waals surface area contributed by atoms with Gasteiger partial charge < -0.3 is 10.1 Å². The van der Waals surface area contributed by atoms with Gasteiger partial charge in [-0.05, 0) is 48.7 Å². The Morgan fingerprint density at radius 2 is 2.07 bits per heavy atom. The Bertz CT molecular complexity index is 1010. The van der Waals surface area contributed by atoms with Gasteiger partial charge in [0.05, 0.1) is 23.7 Å². The number of aromatic nitrogens is 1. The Labute approximate surface area is 173 Å². The van der Waals surface area contributed by atoms with Crippen LogP contribution in [0.25, 0.3) is 11.1 Å². The lowest BCUT2D eigenvalue weighted by Gasteiger charge is -2.14. The van der Waals surface area contributed by atoms with Gasteiger partial charge in [0.1, 0.15) is 11.9 Å². The van der Waals surface area contributed by atoms with Gasteiger partial charge in [0.2, 0.25) is 5.91 Å². The molecule has 2 heterocycles. The van der Waals surface area contributed by atoms with Gasteiger partial charge in [0.15, 0.2) is 0 Å². The van der Waals surface area contributed by atoms with E-state index in [1.807, 2.05) is 36.6 Å². The highest BCUT2D eigenvalue weighted by molar-refractivity contribution is 7.09. The number of aryl methyl sites for hydroxylation is 2. The summed E-state index contributed by atoms with van der Waals surface area (Å²) in [7, 11) is 0. The first-order valence-corrected chi connectivity index (χ1v) is 10.5. The predicted molar refractivity (Wildman–Crippen MR) is 113 cm³/mol. The number of halogens is 1. The zero-order valence-electron chi connectivity index (χ0n) is 15.8. The van der Waals surface area contributed by atoms with E-state index < -0.39 is 0 Å². The molecule has 0 spiro atoms. The van der Waals surface area contributed by atoms with Crippen LogP contribution in [0.2, 0.25) is 5.02 Å². The number of nitrogens with zero attached hydrogens (tertiary/aromatic N) is 1. The minimum Gasteiger partial charge on any atom is -0.487 e. The molecule has 4 nitrogen and oxygen atoms in total. The summed E-state index contributed by atoms with van der Waals surface area (Å²) < 4.78 is 6.22. The molecule has 2 aromatic carbocycles. The van der Waals surface area contributed by atoms with Gasteiger partial charge in [-0.1, -0.05) is 29.8 Å². The number of rotatable bonds is 5. The van der Waals surface area contributed by atoms with Crippen molar-refractivity contribution < 1.29 is 9.53 Å². The molecule has 0 unspecified atom stereocenters. The second-order valence-electron chi connectivity index (χ2n) is 7.09. The van der Waals surface area contributed by atoms with Gasteiger partial charge in [-0.2, -0.15) is 0 Å². The fraction of sp³-hybridized carbons (Fsp3) is 0.273. The van der Waals surface area contributed by atoms with Crippen LogP contribution < -0.4 is 10.1 Å². The van der Waals surface area contributed by atoms with E-state index in [0.717, 1.165) is 34.0 Å². The molecular weight excluding hydrogens is 392 g/mol. The molecule has 0 saturated heterocycles. The maximum atomic E-state index is 12.2. The number of nitrogens with one attached hydrogen (secondary N) is 1. The van der Waals surface area contributed by atoms with Gasteiger partial charge in [-0.3, -0.25) is 4.79 Å². The molecule has 1 aromatic heterocycles. The molecule has 0 fully saturated rings. The van der Waals surface area contributed by atoms with Crippen LogP contribution in [0, 0.1) is 13.8 Å². The lowest BCUT2D eigenvalue weighted by atomic mass is 9.98. The monoisotopic (exact) mass is 412 g/mol. The Hall–Kier alpha value is -2.37. The molecule has 1 amide bonds. The smallest absolute Gasteiger partial charge is 0.226 e. The van der Waals surface area contributed by atoms with Crippen molar-refractivity contribution in [3.8, 4) is 16.9 Å². The van der Waals surface area contributed by atoms with Gasteiger partial charge in [-0.15, -0.1) is 11.3 Å². The molecule has 0 saturated carbocycles. The molecule has 3 aromatic rings. The number of ether oxygens (including phenoxy) is 1. The molecule has 4 rings (SSSR count). The molecule has 1 atom stereocenters. The molecule has 6 heteroatoms. The van der Waals surface area contributed by atoms with Crippen LogP contribution >= 0.6 is 22.9 Å². The minimum absolute atomic E-state index is 0.0287. The first-order chi connectivity index (χ1) is 13.5. The van der Waals surface area contributed by atoms with Crippen LogP contribution in [-0.2, 0) is 17.6 Å². The van der Waals surface area contributed by atoms with Crippen molar-refractivity contribution in [2.75, 3.05) is 6.54 Å². The summed E-state index contributed by atoms with van der Waals surface area (Å²) >= 11 is 7.58. The molecule has 0 radical (unpaired) electrons. The van der Waals surface area contributed by atoms with Crippen molar-refractivity contribution in [2.24, 2.45) is 0 Å². The van der Waals surface area contributed by atoms with Crippen molar-refractivity contribution in [1.82, 2.24) is 10.3 Å². The van der Waals surface area contributed by atoms with Crippen molar-refractivity contribution in [3.63, 3.8) is 0 Å². The van der Waals surface area contributed by atoms with E-state index in [4.69, 9.17) is 16.3 Å². The quantitative estimate of drug-likeness (QED) is 0.658. The van der Waals surface area contributed by atoms with E-state index in [9.17, 15) is 4.79 Å². The summed E-state index contributed by atoms with van der Waals surface area (Å²) in [5, 5.41) is 6.60. The third-order valence-electron chi connectivity index (χ3n) is 4.73. The molecule has 1 aliphatic heterocycles. The van der Waals surface area contributed by atoms with Gasteiger partial charge in [0, 0.05) is 22.4 Å². The average Bonchev–Trinajstić information content (AvgIpc) is 3.25. The summed E-state index contributed by atoms with van der Waals surface area (Å²) in [6.07, 6.45) is 1.02. The number of fused-ring (bicyclic) bond motifs is 1. The number of carbonyl (C=O) groups excluding carboxylic acids is 1. The molecule has 1 N–H and O–H groups in total. The maximum absolute atomic E-state index is 12.2. The molecule has 1 aliphatic rings. The van der Waals surface area contributed by atoms with E-state index in [1.165, 1.54) is 11.1 Å². The van der Waals surface area contributed by atoms with Crippen LogP contribution in [0.4, 0.5) is 0 Å². The second kappa shape index (κ2) is 7.94. The standard InChI is InChI=1S/C22H21ClN2O2S/c1-13-7-16-9-19(11-24-21(26)10-18-12-28-14(2)25-18)27-22(16)20(8-13)15-3-5-17(23)6-4-15/h3-8,12,19H,9-11H2,1-2H3,(H,24,26)/t19-/m0/s1. The summed E-state index contributed by atoms with van der Waals surface area (Å²) in [6.45, 7) is 4.51. The summed E-state index contributed by atoms with van der Waals surface area (Å²) in [6, 6.07) is 12.1. The predicted octanol–water partition coefficient (Wildman–Crippen LogP) is 4.74. The first kappa shape index (κ1) is 19.0. The third-order valence-corrected chi connectivity index (χ3v) is 5.81. The molecule has 28 heavy (non-hydrogen) atoms. The van der Waals surface area contributed by atoms with E-state index in [2.05, 4.69) is 29.4 Å². The number of amides is 1. The first-order valence-electron chi connectivity index (χ1n) is 9.22. The van der Waals surface area contributed by atoms with Gasteiger partial charge >= 0.3 is 0 Å². The minimum atomic E-state index is -0.0658. The van der Waals surface area contributed by atoms with E-state index >= 15 is 0 Å². The zero-order chi connectivity index (χ0) is 19.7. The van der Waals surface area contributed by atoms with Crippen LogP contribution in [0.5, 0.6) is 5.75 Å². The van der Waals surface area contributed by atoms with Crippen LogP contribution in [-0.4, -0.2) is 23.5 Å². The lowest BCUT2D eigenvalue weighted by molar-refractivity contribution is -0.120. The van der Waals surface area contributed by atoms with Crippen molar-refractivity contribution >= 4 is 28.8 Å². The van der Waals surface area contributed by atoms with Crippen LogP contribution in [0.3, 0.4) is 0 Å². The lowest BCUT2D eigenvalue weighted by Crippen LogP contribution is -2.35. The van der Waals surface area contributed by atoms with E-state index in [-0.39, 0.29) is 12.0 Å². The number of thiazole rings is 1. The summed E-state index contributed by atoms with van der Waals surface area (Å²) in [4.78, 5) is 16.6. The van der Waals surface area contributed by atoms with E-state index in [1.54, 1.807) is 11.3 Å². The van der Waals surface area contributed by atoms with Crippen LogP contribution in [0.1, 0.15) is 21.8 Å². The Balaban J connectivity index is 1.44. The van der Waals surface area contributed by atoms with E-state index in [0.29, 0.717) is 18.0 Å². The van der Waals surface area contributed by atoms with Crippen molar-refractivity contribution in [2.45, 2.75) is 32.8 Å². The number of hydrogen-bond acceptors (Lipinski definition) is 4. The third kappa shape index (κ3) is 4.21. The highest BCUT2D eigenvalue weighted by atomic mass is 35.5. The number of hydrogen-bond donors (Lipinski definition) is 1. The highest BCUT2D eigenvalue weighted by Crippen LogP contribution is 2.40. The highest BCUT2D eigenvalue weighted by Gasteiger charge is 2.26. The number of carbonyl (C=O) groups is 1. The van der Waals surface area contributed by atoms with Gasteiger partial charge in [-0.25, -0.2) is 4.98 Å². The number of benzene rings is 2. The Morgan fingerprint density at radius 1 is 1.29 bits per heavy atom.